The second-order valence-corrected chi connectivity index (χ2v) is 16.2. The molecule has 13 nitrogen and oxygen atoms in total. The van der Waals surface area contributed by atoms with E-state index in [1.54, 1.807) is 22.3 Å². The van der Waals surface area contributed by atoms with E-state index in [1.807, 2.05) is 24.4 Å². The summed E-state index contributed by atoms with van der Waals surface area (Å²) in [7, 11) is 0. The Morgan fingerprint density at radius 2 is 1.77 bits per heavy atom. The van der Waals surface area contributed by atoms with Gasteiger partial charge in [0, 0.05) is 66.7 Å². The fraction of sp³-hybridized carbons (Fsp3) is 0.463. The molecule has 3 amide bonds. The van der Waals surface area contributed by atoms with Crippen LogP contribution in [-0.2, 0) is 33.5 Å². The molecule has 2 bridgehead atoms. The van der Waals surface area contributed by atoms with E-state index in [1.165, 1.54) is 17.9 Å². The highest BCUT2D eigenvalue weighted by Gasteiger charge is 2.67. The molecule has 296 valence electrons. The Balaban J connectivity index is 1.09. The zero-order valence-electron chi connectivity index (χ0n) is 31.7. The molecule has 9 rings (SSSR count). The number of nitrogens with zero attached hydrogens (tertiary/aromatic N) is 7. The van der Waals surface area contributed by atoms with Crippen LogP contribution in [0.1, 0.15) is 104 Å². The Morgan fingerprint density at radius 1 is 0.982 bits per heavy atom. The lowest BCUT2D eigenvalue weighted by molar-refractivity contribution is -0.141. The molecule has 0 spiro atoms. The summed E-state index contributed by atoms with van der Waals surface area (Å²) in [5.41, 5.74) is 3.77. The van der Waals surface area contributed by atoms with Gasteiger partial charge in [-0.1, -0.05) is 18.9 Å². The number of anilines is 1. The van der Waals surface area contributed by atoms with Gasteiger partial charge in [0.1, 0.15) is 29.8 Å². The van der Waals surface area contributed by atoms with E-state index in [0.717, 1.165) is 66.2 Å². The number of fused-ring (bicyclic) bond motifs is 1. The summed E-state index contributed by atoms with van der Waals surface area (Å²) in [5, 5.41) is 15.7. The van der Waals surface area contributed by atoms with Gasteiger partial charge in [-0.15, -0.1) is 0 Å². The van der Waals surface area contributed by atoms with Gasteiger partial charge in [-0.2, -0.15) is 23.4 Å². The maximum absolute atomic E-state index is 14.6. The van der Waals surface area contributed by atoms with E-state index >= 15 is 0 Å². The highest BCUT2D eigenvalue weighted by atomic mass is 19.4. The van der Waals surface area contributed by atoms with Crippen LogP contribution in [0.3, 0.4) is 0 Å². The van der Waals surface area contributed by atoms with Crippen LogP contribution < -0.4 is 10.6 Å². The van der Waals surface area contributed by atoms with E-state index in [-0.39, 0.29) is 42.7 Å². The number of pyridine rings is 1. The molecule has 3 atom stereocenters. The summed E-state index contributed by atoms with van der Waals surface area (Å²) in [6.07, 6.45) is 6.15. The lowest BCUT2D eigenvalue weighted by Crippen LogP contribution is -2.47. The first-order valence-corrected chi connectivity index (χ1v) is 19.6. The summed E-state index contributed by atoms with van der Waals surface area (Å²) in [6, 6.07) is 6.61. The number of carbonyl (C=O) groups is 4. The predicted octanol–water partition coefficient (Wildman–Crippen LogP) is 6.17. The van der Waals surface area contributed by atoms with Gasteiger partial charge in [0.05, 0.1) is 11.2 Å². The number of aromatic nitrogens is 6. The number of hydrogen-bond donors (Lipinski definition) is 2. The van der Waals surface area contributed by atoms with Gasteiger partial charge in [-0.25, -0.2) is 14.5 Å². The van der Waals surface area contributed by atoms with Gasteiger partial charge >= 0.3 is 6.18 Å². The van der Waals surface area contributed by atoms with Crippen LogP contribution in [0, 0.1) is 12.3 Å². The maximum atomic E-state index is 14.6. The van der Waals surface area contributed by atoms with Gasteiger partial charge in [-0.05, 0) is 86.8 Å². The number of amides is 3. The van der Waals surface area contributed by atoms with Crippen molar-refractivity contribution in [2.45, 2.75) is 109 Å². The summed E-state index contributed by atoms with van der Waals surface area (Å²) in [6.45, 7) is 2.95. The topological polar surface area (TPSA) is 156 Å². The second-order valence-electron chi connectivity index (χ2n) is 16.2. The van der Waals surface area contributed by atoms with Crippen LogP contribution >= 0.6 is 0 Å². The molecule has 1 aromatic carbocycles. The van der Waals surface area contributed by atoms with Crippen LogP contribution in [0.2, 0.25) is 0 Å². The van der Waals surface area contributed by atoms with Crippen molar-refractivity contribution in [3.8, 4) is 11.1 Å². The van der Waals surface area contributed by atoms with Crippen molar-refractivity contribution in [2.24, 2.45) is 5.41 Å². The fourth-order valence-corrected chi connectivity index (χ4v) is 8.77. The number of benzene rings is 1. The molecule has 6 heterocycles. The highest BCUT2D eigenvalue weighted by Crippen LogP contribution is 2.59. The number of nitrogens with one attached hydrogen (secondary N) is 2. The summed E-state index contributed by atoms with van der Waals surface area (Å²) < 4.78 is 44.0. The minimum Gasteiger partial charge on any atom is -0.355 e. The summed E-state index contributed by atoms with van der Waals surface area (Å²) >= 11 is 0. The SMILES string of the molecule is CC(=O)c1nn2c3c(cc(-c4cnc5cc(C6CC6)nn5c4)cc13)CCCCCCC(=O)NC[C@]13CC1N(C(=O)C2)[C@H](C(=O)Nc1nc(C(F)(F)F)ccc1C)C3. The molecule has 2 saturated carbocycles. The average molecular weight is 782 g/mol. The molecule has 5 aromatic rings. The number of carbonyl (C=O) groups excluding carboxylic acids is 4. The Hall–Kier alpha value is -5.67. The molecule has 4 aliphatic rings. The third-order valence-corrected chi connectivity index (χ3v) is 12.1. The molecule has 1 unspecified atom stereocenters. The molecule has 2 aliphatic heterocycles. The number of alkyl halides is 3. The standard InChI is InChI=1S/C41H42F3N9O4/c1-22-9-12-31(41(42,43)44)47-38(22)48-39(57)30-16-40-17-32(40)53(30)35(56)20-52-37-25(7-5-3-4-6-8-34(55)46-21-40)13-26(14-28(37)36(50-52)23(2)54)27-18-45-33-15-29(24-10-11-24)49-51(33)19-27/h9,12-15,18-19,24,30,32H,3-8,10-11,16-17,20-21H2,1-2H3,(H,46,55)(H,47,48,57)/t30-,32?,40-/m0/s1. The molecule has 3 fully saturated rings. The van der Waals surface area contributed by atoms with Crippen molar-refractivity contribution in [3.05, 3.63) is 70.9 Å². The molecule has 57 heavy (non-hydrogen) atoms. The Morgan fingerprint density at radius 3 is 2.53 bits per heavy atom. The van der Waals surface area contributed by atoms with E-state index < -0.39 is 41.2 Å². The first-order valence-electron chi connectivity index (χ1n) is 19.6. The second kappa shape index (κ2) is 13.8. The van der Waals surface area contributed by atoms with Gasteiger partial charge < -0.3 is 15.5 Å². The van der Waals surface area contributed by atoms with Gasteiger partial charge in [0.15, 0.2) is 11.4 Å². The van der Waals surface area contributed by atoms with E-state index in [4.69, 9.17) is 10.2 Å². The van der Waals surface area contributed by atoms with E-state index in [0.29, 0.717) is 48.1 Å². The molecule has 16 heteroatoms. The minimum atomic E-state index is -4.72. The molecule has 2 aliphatic carbocycles. The number of halogens is 3. The van der Waals surface area contributed by atoms with Gasteiger partial charge in [0.2, 0.25) is 17.7 Å². The lowest BCUT2D eigenvalue weighted by atomic mass is 9.96. The third-order valence-electron chi connectivity index (χ3n) is 12.1. The molecule has 4 aromatic heterocycles. The van der Waals surface area contributed by atoms with Crippen molar-refractivity contribution in [1.29, 1.82) is 0 Å². The van der Waals surface area contributed by atoms with Crippen LogP contribution in [0.25, 0.3) is 27.7 Å². The quantitative estimate of drug-likeness (QED) is 0.201. The van der Waals surface area contributed by atoms with Crippen molar-refractivity contribution in [2.75, 3.05) is 11.9 Å². The zero-order chi connectivity index (χ0) is 39.8. The molecular formula is C41H42F3N9O4. The highest BCUT2D eigenvalue weighted by molar-refractivity contribution is 6.07. The number of aryl methyl sites for hydroxylation is 2. The fourth-order valence-electron chi connectivity index (χ4n) is 8.77. The van der Waals surface area contributed by atoms with E-state index in [2.05, 4.69) is 20.6 Å². The summed E-state index contributed by atoms with van der Waals surface area (Å²) in [5.74, 6) is -1.25. The average Bonchev–Trinajstić information content (AvgIpc) is 4.02. The van der Waals surface area contributed by atoms with E-state index in [9.17, 15) is 32.3 Å². The van der Waals surface area contributed by atoms with Crippen LogP contribution in [0.4, 0.5) is 19.0 Å². The largest absolute Gasteiger partial charge is 0.433 e. The number of hydrogen-bond acceptors (Lipinski definition) is 8. The van der Waals surface area contributed by atoms with Crippen molar-refractivity contribution >= 4 is 45.9 Å². The normalized spacial score (nSPS) is 23.0. The number of piperidine rings is 1. The summed E-state index contributed by atoms with van der Waals surface area (Å²) in [4.78, 5) is 64.6. The Kier molecular flexibility index (Phi) is 8.92. The van der Waals surface area contributed by atoms with Crippen LogP contribution in [0.5, 0.6) is 0 Å². The first kappa shape index (κ1) is 36.9. The molecule has 0 radical (unpaired) electrons. The molecule has 2 N–H and O–H groups in total. The first-order chi connectivity index (χ1) is 27.3. The number of rotatable bonds is 5. The van der Waals surface area contributed by atoms with Crippen LogP contribution in [-0.4, -0.2) is 76.4 Å². The van der Waals surface area contributed by atoms with Gasteiger partial charge in [0.25, 0.3) is 0 Å². The van der Waals surface area contributed by atoms with Crippen molar-refractivity contribution in [1.82, 2.24) is 39.6 Å². The minimum absolute atomic E-state index is 0.104. The maximum Gasteiger partial charge on any atom is 0.433 e. The lowest BCUT2D eigenvalue weighted by Gasteiger charge is -2.27. The number of ketones is 1. The Bertz CT molecular complexity index is 2490. The molecule has 1 saturated heterocycles. The van der Waals surface area contributed by atoms with Gasteiger partial charge in [-0.3, -0.25) is 23.9 Å². The third kappa shape index (κ3) is 6.92. The Labute approximate surface area is 325 Å². The van der Waals surface area contributed by atoms with Crippen molar-refractivity contribution < 1.29 is 32.3 Å². The smallest absolute Gasteiger partial charge is 0.355 e. The predicted molar refractivity (Wildman–Crippen MR) is 202 cm³/mol. The van der Waals surface area contributed by atoms with Crippen molar-refractivity contribution in [3.63, 3.8) is 0 Å². The number of Topliss-reactive ketones (excluding diaryl/α,β-unsaturated/α-hetero) is 1. The van der Waals surface area contributed by atoms with Crippen LogP contribution in [0.15, 0.2) is 42.7 Å². The monoisotopic (exact) mass is 781 g/mol. The zero-order valence-corrected chi connectivity index (χ0v) is 31.7. The molecular weight excluding hydrogens is 740 g/mol.